The van der Waals surface area contributed by atoms with Crippen molar-refractivity contribution in [1.82, 2.24) is 5.32 Å². The Balaban J connectivity index is 1.60. The standard InChI is InChI=1S/C12H21NO/c14-12(8-9-13-11-6-7-11)10-4-2-1-3-5-10/h10-11,13H,1-9H2. The van der Waals surface area contributed by atoms with E-state index in [1.165, 1.54) is 32.1 Å². The van der Waals surface area contributed by atoms with Crippen molar-refractivity contribution in [3.05, 3.63) is 0 Å². The highest BCUT2D eigenvalue weighted by Gasteiger charge is 2.23. The van der Waals surface area contributed by atoms with Gasteiger partial charge in [-0.2, -0.15) is 0 Å². The number of hydrogen-bond donors (Lipinski definition) is 1. The average Bonchev–Trinajstić information content (AvgIpc) is 3.03. The topological polar surface area (TPSA) is 29.1 Å². The lowest BCUT2D eigenvalue weighted by molar-refractivity contribution is -0.123. The van der Waals surface area contributed by atoms with Crippen LogP contribution in [0.3, 0.4) is 0 Å². The summed E-state index contributed by atoms with van der Waals surface area (Å²) < 4.78 is 0. The van der Waals surface area contributed by atoms with Gasteiger partial charge in [-0.25, -0.2) is 0 Å². The van der Waals surface area contributed by atoms with E-state index in [1.807, 2.05) is 0 Å². The van der Waals surface area contributed by atoms with Crippen LogP contribution in [0.1, 0.15) is 51.4 Å². The Kier molecular flexibility index (Phi) is 3.57. The predicted molar refractivity (Wildman–Crippen MR) is 57.2 cm³/mol. The van der Waals surface area contributed by atoms with Gasteiger partial charge in [-0.05, 0) is 25.7 Å². The van der Waals surface area contributed by atoms with Crippen LogP contribution in [-0.4, -0.2) is 18.4 Å². The molecule has 0 saturated heterocycles. The van der Waals surface area contributed by atoms with Crippen LogP contribution in [0.25, 0.3) is 0 Å². The number of carbonyl (C=O) groups excluding carboxylic acids is 1. The van der Waals surface area contributed by atoms with Gasteiger partial charge in [-0.3, -0.25) is 4.79 Å². The Labute approximate surface area is 86.5 Å². The maximum Gasteiger partial charge on any atom is 0.137 e. The van der Waals surface area contributed by atoms with E-state index in [-0.39, 0.29) is 0 Å². The summed E-state index contributed by atoms with van der Waals surface area (Å²) in [5, 5.41) is 3.41. The van der Waals surface area contributed by atoms with Gasteiger partial charge in [-0.15, -0.1) is 0 Å². The van der Waals surface area contributed by atoms with Crippen molar-refractivity contribution in [3.63, 3.8) is 0 Å². The molecule has 0 aromatic rings. The van der Waals surface area contributed by atoms with Crippen molar-refractivity contribution < 1.29 is 4.79 Å². The molecule has 0 unspecified atom stereocenters. The van der Waals surface area contributed by atoms with E-state index < -0.39 is 0 Å². The molecule has 2 aliphatic carbocycles. The van der Waals surface area contributed by atoms with Crippen molar-refractivity contribution in [1.29, 1.82) is 0 Å². The Morgan fingerprint density at radius 3 is 2.43 bits per heavy atom. The first kappa shape index (κ1) is 10.2. The second-order valence-corrected chi connectivity index (χ2v) is 4.78. The van der Waals surface area contributed by atoms with Crippen molar-refractivity contribution in [2.45, 2.75) is 57.4 Å². The van der Waals surface area contributed by atoms with Crippen LogP contribution in [0.15, 0.2) is 0 Å². The first-order valence-corrected chi connectivity index (χ1v) is 6.12. The molecule has 14 heavy (non-hydrogen) atoms. The summed E-state index contributed by atoms with van der Waals surface area (Å²) in [6.45, 7) is 0.917. The summed E-state index contributed by atoms with van der Waals surface area (Å²) in [6, 6.07) is 0.745. The third kappa shape index (κ3) is 3.09. The molecule has 2 rings (SSSR count). The third-order valence-electron chi connectivity index (χ3n) is 3.44. The third-order valence-corrected chi connectivity index (χ3v) is 3.44. The van der Waals surface area contributed by atoms with Crippen LogP contribution >= 0.6 is 0 Å². The van der Waals surface area contributed by atoms with E-state index in [2.05, 4.69) is 5.32 Å². The van der Waals surface area contributed by atoms with Gasteiger partial charge in [0.05, 0.1) is 0 Å². The Hall–Kier alpha value is -0.370. The summed E-state index contributed by atoms with van der Waals surface area (Å²) in [6.07, 6.45) is 9.59. The number of hydrogen-bond acceptors (Lipinski definition) is 2. The van der Waals surface area contributed by atoms with Gasteiger partial charge < -0.3 is 5.32 Å². The fourth-order valence-corrected chi connectivity index (χ4v) is 2.32. The molecule has 0 aromatic heterocycles. The fourth-order valence-electron chi connectivity index (χ4n) is 2.32. The molecule has 0 amide bonds. The minimum absolute atomic E-state index is 0.407. The zero-order valence-corrected chi connectivity index (χ0v) is 8.93. The van der Waals surface area contributed by atoms with Gasteiger partial charge >= 0.3 is 0 Å². The summed E-state index contributed by atoms with van der Waals surface area (Å²) in [5.41, 5.74) is 0. The molecule has 0 radical (unpaired) electrons. The lowest BCUT2D eigenvalue weighted by Crippen LogP contribution is -2.24. The molecule has 2 heteroatoms. The number of carbonyl (C=O) groups is 1. The zero-order valence-electron chi connectivity index (χ0n) is 8.93. The SMILES string of the molecule is O=C(CCNC1CC1)C1CCCCC1. The van der Waals surface area contributed by atoms with Crippen LogP contribution in [0.5, 0.6) is 0 Å². The van der Waals surface area contributed by atoms with Crippen LogP contribution in [0.2, 0.25) is 0 Å². The first-order valence-electron chi connectivity index (χ1n) is 6.12. The van der Waals surface area contributed by atoms with Gasteiger partial charge in [0.25, 0.3) is 0 Å². The lowest BCUT2D eigenvalue weighted by atomic mass is 9.85. The monoisotopic (exact) mass is 195 g/mol. The second kappa shape index (κ2) is 4.92. The summed E-state index contributed by atoms with van der Waals surface area (Å²) >= 11 is 0. The van der Waals surface area contributed by atoms with Crippen molar-refractivity contribution >= 4 is 5.78 Å². The molecule has 0 bridgehead atoms. The molecule has 0 aromatic carbocycles. The van der Waals surface area contributed by atoms with E-state index in [4.69, 9.17) is 0 Å². The molecule has 2 fully saturated rings. The molecule has 0 atom stereocenters. The van der Waals surface area contributed by atoms with E-state index in [9.17, 15) is 4.79 Å². The van der Waals surface area contributed by atoms with Gasteiger partial charge in [0.15, 0.2) is 0 Å². The van der Waals surface area contributed by atoms with Crippen molar-refractivity contribution in [3.8, 4) is 0 Å². The molecular weight excluding hydrogens is 174 g/mol. The maximum atomic E-state index is 11.8. The number of rotatable bonds is 5. The van der Waals surface area contributed by atoms with Crippen LogP contribution < -0.4 is 5.32 Å². The van der Waals surface area contributed by atoms with E-state index in [0.717, 1.165) is 31.8 Å². The van der Waals surface area contributed by atoms with Gasteiger partial charge in [0.1, 0.15) is 5.78 Å². The number of nitrogens with one attached hydrogen (secondary N) is 1. The molecule has 80 valence electrons. The normalized spacial score (nSPS) is 23.7. The summed E-state index contributed by atoms with van der Waals surface area (Å²) in [4.78, 5) is 11.8. The minimum Gasteiger partial charge on any atom is -0.314 e. The molecule has 0 aliphatic heterocycles. The van der Waals surface area contributed by atoms with Crippen LogP contribution in [-0.2, 0) is 4.79 Å². The van der Waals surface area contributed by atoms with Crippen molar-refractivity contribution in [2.24, 2.45) is 5.92 Å². The van der Waals surface area contributed by atoms with Crippen LogP contribution in [0.4, 0.5) is 0 Å². The summed E-state index contributed by atoms with van der Waals surface area (Å²) in [7, 11) is 0. The second-order valence-electron chi connectivity index (χ2n) is 4.78. The molecule has 0 spiro atoms. The predicted octanol–water partition coefficient (Wildman–Crippen LogP) is 2.28. The molecule has 1 N–H and O–H groups in total. The van der Waals surface area contributed by atoms with Gasteiger partial charge in [0, 0.05) is 24.9 Å². The quantitative estimate of drug-likeness (QED) is 0.729. The Bertz CT molecular complexity index is 192. The highest BCUT2D eigenvalue weighted by Crippen LogP contribution is 2.25. The number of Topliss-reactive ketones (excluding diaryl/α,β-unsaturated/α-hetero) is 1. The smallest absolute Gasteiger partial charge is 0.137 e. The zero-order chi connectivity index (χ0) is 9.80. The molecular formula is C12H21NO. The van der Waals surface area contributed by atoms with Gasteiger partial charge in [-0.1, -0.05) is 19.3 Å². The summed E-state index contributed by atoms with van der Waals surface area (Å²) in [5.74, 6) is 0.919. The van der Waals surface area contributed by atoms with Gasteiger partial charge in [0.2, 0.25) is 0 Å². The minimum atomic E-state index is 0.407. The Morgan fingerprint density at radius 1 is 1.07 bits per heavy atom. The number of ketones is 1. The van der Waals surface area contributed by atoms with E-state index in [0.29, 0.717) is 11.7 Å². The maximum absolute atomic E-state index is 11.8. The highest BCUT2D eigenvalue weighted by atomic mass is 16.1. The van der Waals surface area contributed by atoms with Crippen molar-refractivity contribution in [2.75, 3.05) is 6.54 Å². The molecule has 2 saturated carbocycles. The van der Waals surface area contributed by atoms with E-state index >= 15 is 0 Å². The molecule has 2 nitrogen and oxygen atoms in total. The Morgan fingerprint density at radius 2 is 1.79 bits per heavy atom. The highest BCUT2D eigenvalue weighted by molar-refractivity contribution is 5.81. The lowest BCUT2D eigenvalue weighted by Gasteiger charge is -2.20. The largest absolute Gasteiger partial charge is 0.314 e. The first-order chi connectivity index (χ1) is 6.86. The molecule has 0 heterocycles. The fraction of sp³-hybridized carbons (Fsp3) is 0.917. The average molecular weight is 195 g/mol. The van der Waals surface area contributed by atoms with E-state index in [1.54, 1.807) is 0 Å². The molecule has 2 aliphatic rings. The van der Waals surface area contributed by atoms with Crippen LogP contribution in [0, 0.1) is 5.92 Å².